The van der Waals surface area contributed by atoms with Gasteiger partial charge in [0, 0.05) is 31.3 Å². The molecule has 2 N–H and O–H groups in total. The normalized spacial score (nSPS) is 11.5. The van der Waals surface area contributed by atoms with Crippen LogP contribution in [0.5, 0.6) is 0 Å². The molecule has 0 radical (unpaired) electrons. The van der Waals surface area contributed by atoms with E-state index in [1.54, 1.807) is 19.2 Å². The Bertz CT molecular complexity index is 484. The average molecular weight is 392 g/mol. The third-order valence-corrected chi connectivity index (χ3v) is 2.30. The molecule has 0 unspecified atom stereocenters. The lowest BCUT2D eigenvalue weighted by Gasteiger charge is -2.23. The van der Waals surface area contributed by atoms with Gasteiger partial charge in [0.15, 0.2) is 5.96 Å². The summed E-state index contributed by atoms with van der Waals surface area (Å²) in [7, 11) is 1.69. The maximum absolute atomic E-state index is 10.7. The van der Waals surface area contributed by atoms with E-state index >= 15 is 0 Å². The van der Waals surface area contributed by atoms with E-state index in [1.165, 1.54) is 6.07 Å². The summed E-state index contributed by atoms with van der Waals surface area (Å²) in [5.41, 5.74) is 0.842. The van der Waals surface area contributed by atoms with Crippen molar-refractivity contribution in [2.75, 3.05) is 7.05 Å². The first-order valence-electron chi connectivity index (χ1n) is 6.04. The van der Waals surface area contributed by atoms with E-state index in [9.17, 15) is 10.1 Å². The van der Waals surface area contributed by atoms with Gasteiger partial charge in [-0.2, -0.15) is 0 Å². The molecule has 1 aromatic rings. The van der Waals surface area contributed by atoms with Crippen molar-refractivity contribution >= 4 is 35.6 Å². The summed E-state index contributed by atoms with van der Waals surface area (Å²) in [6, 6.07) is 6.54. The second kappa shape index (κ2) is 8.03. The van der Waals surface area contributed by atoms with Gasteiger partial charge in [-0.1, -0.05) is 12.1 Å². The zero-order valence-electron chi connectivity index (χ0n) is 12.1. The molecule has 7 heteroatoms. The Hall–Kier alpha value is -1.38. The molecule has 0 aromatic heterocycles. The Morgan fingerprint density at radius 3 is 2.55 bits per heavy atom. The molecule has 20 heavy (non-hydrogen) atoms. The van der Waals surface area contributed by atoms with E-state index in [0.29, 0.717) is 12.5 Å². The lowest BCUT2D eigenvalue weighted by molar-refractivity contribution is -0.384. The summed E-state index contributed by atoms with van der Waals surface area (Å²) in [4.78, 5) is 14.4. The van der Waals surface area contributed by atoms with Gasteiger partial charge in [-0.05, 0) is 26.3 Å². The summed E-state index contributed by atoms with van der Waals surface area (Å²) in [6.45, 7) is 6.59. The van der Waals surface area contributed by atoms with Crippen LogP contribution in [0.1, 0.15) is 26.3 Å². The Morgan fingerprint density at radius 2 is 2.05 bits per heavy atom. The molecule has 1 aromatic carbocycles. The van der Waals surface area contributed by atoms with Crippen LogP contribution in [0.2, 0.25) is 0 Å². The number of benzene rings is 1. The first kappa shape index (κ1) is 18.6. The monoisotopic (exact) mass is 392 g/mol. The largest absolute Gasteiger partial charge is 0.352 e. The highest BCUT2D eigenvalue weighted by Crippen LogP contribution is 2.12. The standard InChI is InChI=1S/C13H20N4O2.HI/c1-13(2,3)16-12(14-4)15-9-10-6-5-7-11(8-10)17(18)19;/h5-8H,9H2,1-4H3,(H2,14,15,16);1H. The van der Waals surface area contributed by atoms with Crippen LogP contribution in [0.3, 0.4) is 0 Å². The van der Waals surface area contributed by atoms with Crippen LogP contribution in [0.25, 0.3) is 0 Å². The minimum absolute atomic E-state index is 0. The molecule has 0 aliphatic heterocycles. The molecule has 1 rings (SSSR count). The zero-order chi connectivity index (χ0) is 14.5. The van der Waals surface area contributed by atoms with Crippen molar-refractivity contribution in [2.24, 2.45) is 4.99 Å². The molecule has 0 spiro atoms. The number of nitro benzene ring substituents is 1. The molecule has 0 aliphatic rings. The van der Waals surface area contributed by atoms with E-state index in [-0.39, 0.29) is 35.2 Å². The number of nitrogens with one attached hydrogen (secondary N) is 2. The van der Waals surface area contributed by atoms with Gasteiger partial charge in [-0.3, -0.25) is 15.1 Å². The topological polar surface area (TPSA) is 79.6 Å². The number of nitro groups is 1. The van der Waals surface area contributed by atoms with Crippen LogP contribution in [-0.2, 0) is 6.54 Å². The lowest BCUT2D eigenvalue weighted by Crippen LogP contribution is -2.47. The molecule has 0 heterocycles. The third kappa shape index (κ3) is 6.69. The van der Waals surface area contributed by atoms with E-state index in [4.69, 9.17) is 0 Å². The number of hydrogen-bond acceptors (Lipinski definition) is 3. The molecule has 112 valence electrons. The number of guanidine groups is 1. The SMILES string of the molecule is CN=C(NCc1cccc([N+](=O)[O-])c1)NC(C)(C)C.I. The van der Waals surface area contributed by atoms with Crippen molar-refractivity contribution in [2.45, 2.75) is 32.9 Å². The van der Waals surface area contributed by atoms with Gasteiger partial charge in [0.2, 0.25) is 0 Å². The van der Waals surface area contributed by atoms with Crippen LogP contribution in [0.4, 0.5) is 5.69 Å². The summed E-state index contributed by atoms with van der Waals surface area (Å²) in [5.74, 6) is 0.666. The maximum atomic E-state index is 10.7. The van der Waals surface area contributed by atoms with Crippen molar-refractivity contribution < 1.29 is 4.92 Å². The highest BCUT2D eigenvalue weighted by atomic mass is 127. The first-order valence-corrected chi connectivity index (χ1v) is 6.04. The predicted molar refractivity (Wildman–Crippen MR) is 91.6 cm³/mol. The number of non-ortho nitro benzene ring substituents is 1. The summed E-state index contributed by atoms with van der Waals surface area (Å²) < 4.78 is 0. The predicted octanol–water partition coefficient (Wildman–Crippen LogP) is 2.68. The van der Waals surface area contributed by atoms with Gasteiger partial charge in [0.25, 0.3) is 5.69 Å². The Balaban J connectivity index is 0.00000361. The average Bonchev–Trinajstić information content (AvgIpc) is 2.33. The van der Waals surface area contributed by atoms with Crippen LogP contribution < -0.4 is 10.6 Å². The number of rotatable bonds is 3. The molecule has 0 bridgehead atoms. The Kier molecular flexibility index (Phi) is 7.48. The van der Waals surface area contributed by atoms with E-state index < -0.39 is 4.92 Å². The fraction of sp³-hybridized carbons (Fsp3) is 0.462. The van der Waals surface area contributed by atoms with Crippen molar-refractivity contribution in [1.82, 2.24) is 10.6 Å². The molecule has 0 fully saturated rings. The number of halogens is 1. The second-order valence-electron chi connectivity index (χ2n) is 5.23. The molecule has 0 saturated heterocycles. The Morgan fingerprint density at radius 1 is 1.40 bits per heavy atom. The number of aliphatic imine (C=N–C) groups is 1. The van der Waals surface area contributed by atoms with Crippen molar-refractivity contribution in [3.05, 3.63) is 39.9 Å². The smallest absolute Gasteiger partial charge is 0.269 e. The fourth-order valence-corrected chi connectivity index (χ4v) is 1.50. The van der Waals surface area contributed by atoms with Crippen LogP contribution >= 0.6 is 24.0 Å². The van der Waals surface area contributed by atoms with Gasteiger partial charge >= 0.3 is 0 Å². The highest BCUT2D eigenvalue weighted by Gasteiger charge is 2.12. The number of hydrogen-bond donors (Lipinski definition) is 2. The van der Waals surface area contributed by atoms with Crippen LogP contribution in [-0.4, -0.2) is 23.5 Å². The zero-order valence-corrected chi connectivity index (χ0v) is 14.5. The minimum Gasteiger partial charge on any atom is -0.352 e. The quantitative estimate of drug-likeness (QED) is 0.273. The van der Waals surface area contributed by atoms with E-state index in [1.807, 2.05) is 26.8 Å². The number of nitrogens with zero attached hydrogens (tertiary/aromatic N) is 2. The van der Waals surface area contributed by atoms with Crippen molar-refractivity contribution in [3.63, 3.8) is 0 Å². The van der Waals surface area contributed by atoms with Gasteiger partial charge in [-0.15, -0.1) is 24.0 Å². The molecule has 0 atom stereocenters. The van der Waals surface area contributed by atoms with Gasteiger partial charge < -0.3 is 10.6 Å². The maximum Gasteiger partial charge on any atom is 0.269 e. The third-order valence-electron chi connectivity index (χ3n) is 2.30. The second-order valence-corrected chi connectivity index (χ2v) is 5.23. The van der Waals surface area contributed by atoms with Gasteiger partial charge in [0.05, 0.1) is 4.92 Å². The minimum atomic E-state index is -0.397. The van der Waals surface area contributed by atoms with E-state index in [0.717, 1.165) is 5.56 Å². The molecule has 0 saturated carbocycles. The van der Waals surface area contributed by atoms with Gasteiger partial charge in [-0.25, -0.2) is 0 Å². The molecular weight excluding hydrogens is 371 g/mol. The van der Waals surface area contributed by atoms with Crippen LogP contribution in [0.15, 0.2) is 29.3 Å². The Labute approximate surface area is 136 Å². The molecule has 6 nitrogen and oxygen atoms in total. The summed E-state index contributed by atoms with van der Waals surface area (Å²) in [6.07, 6.45) is 0. The molecule has 0 amide bonds. The first-order chi connectivity index (χ1) is 8.81. The van der Waals surface area contributed by atoms with Crippen LogP contribution in [0, 0.1) is 10.1 Å². The summed E-state index contributed by atoms with van der Waals surface area (Å²) >= 11 is 0. The molecular formula is C13H21IN4O2. The fourth-order valence-electron chi connectivity index (χ4n) is 1.50. The highest BCUT2D eigenvalue weighted by molar-refractivity contribution is 14.0. The van der Waals surface area contributed by atoms with Crippen molar-refractivity contribution in [3.8, 4) is 0 Å². The lowest BCUT2D eigenvalue weighted by atomic mass is 10.1. The summed E-state index contributed by atoms with van der Waals surface area (Å²) in [5, 5.41) is 17.0. The van der Waals surface area contributed by atoms with E-state index in [2.05, 4.69) is 15.6 Å². The molecule has 0 aliphatic carbocycles. The van der Waals surface area contributed by atoms with Crippen molar-refractivity contribution in [1.29, 1.82) is 0 Å². The van der Waals surface area contributed by atoms with Gasteiger partial charge in [0.1, 0.15) is 0 Å².